The van der Waals surface area contributed by atoms with Crippen LogP contribution in [0.1, 0.15) is 51.4 Å². The van der Waals surface area contributed by atoms with Crippen molar-refractivity contribution in [2.45, 2.75) is 51.4 Å². The van der Waals surface area contributed by atoms with Crippen LogP contribution in [0.2, 0.25) is 0 Å². The zero-order valence-electron chi connectivity index (χ0n) is 13.1. The van der Waals surface area contributed by atoms with Gasteiger partial charge in [-0.05, 0) is 31.4 Å². The lowest BCUT2D eigenvalue weighted by Gasteiger charge is -2.07. The summed E-state index contributed by atoms with van der Waals surface area (Å²) in [5, 5.41) is 10.8. The Labute approximate surface area is 132 Å². The number of nitro benzene ring substituents is 1. The molecule has 0 aliphatic rings. The normalized spacial score (nSPS) is 10.4. The van der Waals surface area contributed by atoms with E-state index < -0.39 is 4.92 Å². The van der Waals surface area contributed by atoms with Gasteiger partial charge >= 0.3 is 0 Å². The minimum atomic E-state index is -0.492. The van der Waals surface area contributed by atoms with Crippen molar-refractivity contribution in [3.8, 4) is 5.75 Å². The summed E-state index contributed by atoms with van der Waals surface area (Å²) in [6.45, 7) is 4.30. The Hall–Kier alpha value is -2.04. The lowest BCUT2D eigenvalue weighted by molar-refractivity contribution is -0.384. The summed E-state index contributed by atoms with van der Waals surface area (Å²) in [4.78, 5) is 10.3. The van der Waals surface area contributed by atoms with Gasteiger partial charge in [-0.2, -0.15) is 0 Å². The molecule has 0 saturated carbocycles. The average molecular weight is 306 g/mol. The first-order valence-corrected chi connectivity index (χ1v) is 7.92. The second kappa shape index (κ2) is 10.7. The lowest BCUT2D eigenvalue weighted by atomic mass is 10.1. The molecule has 0 radical (unpaired) electrons. The quantitative estimate of drug-likeness (QED) is 0.196. The molecule has 0 aliphatic carbocycles. The van der Waals surface area contributed by atoms with E-state index in [0.29, 0.717) is 12.4 Å². The maximum Gasteiger partial charge on any atom is 0.295 e. The number of anilines is 1. The minimum Gasteiger partial charge on any atom is -0.493 e. The van der Waals surface area contributed by atoms with Gasteiger partial charge in [0.15, 0.2) is 0 Å². The highest BCUT2D eigenvalue weighted by Crippen LogP contribution is 2.26. The molecule has 0 heterocycles. The molecule has 0 spiro atoms. The largest absolute Gasteiger partial charge is 0.493 e. The van der Waals surface area contributed by atoms with Gasteiger partial charge in [0, 0.05) is 0 Å². The predicted molar refractivity (Wildman–Crippen MR) is 90.1 cm³/mol. The van der Waals surface area contributed by atoms with E-state index >= 15 is 0 Å². The molecule has 0 bridgehead atoms. The molecule has 122 valence electrons. The number of hydrogen-bond donors (Lipinski definition) is 1. The van der Waals surface area contributed by atoms with Crippen molar-refractivity contribution in [2.75, 3.05) is 12.3 Å². The molecule has 5 heteroatoms. The first-order chi connectivity index (χ1) is 10.6. The third-order valence-corrected chi connectivity index (χ3v) is 3.52. The van der Waals surface area contributed by atoms with Crippen molar-refractivity contribution >= 4 is 11.4 Å². The maximum atomic E-state index is 10.8. The van der Waals surface area contributed by atoms with Crippen LogP contribution in [-0.4, -0.2) is 11.5 Å². The first kappa shape index (κ1) is 18.0. The number of allylic oxidation sites excluding steroid dienone is 1. The van der Waals surface area contributed by atoms with Crippen molar-refractivity contribution < 1.29 is 9.66 Å². The van der Waals surface area contributed by atoms with Gasteiger partial charge in [0.25, 0.3) is 5.69 Å². The van der Waals surface area contributed by atoms with Crippen molar-refractivity contribution in [1.82, 2.24) is 0 Å². The second-order valence-electron chi connectivity index (χ2n) is 5.38. The Morgan fingerprint density at radius 2 is 1.77 bits per heavy atom. The number of unbranched alkanes of at least 4 members (excludes halogenated alkanes) is 7. The fraction of sp³-hybridized carbons (Fsp3) is 0.529. The van der Waals surface area contributed by atoms with Crippen LogP contribution >= 0.6 is 0 Å². The molecule has 0 fully saturated rings. The number of hydrogen-bond acceptors (Lipinski definition) is 4. The second-order valence-corrected chi connectivity index (χ2v) is 5.38. The molecule has 22 heavy (non-hydrogen) atoms. The highest BCUT2D eigenvalue weighted by atomic mass is 16.6. The Balaban J connectivity index is 2.11. The summed E-state index contributed by atoms with van der Waals surface area (Å²) < 4.78 is 5.54. The van der Waals surface area contributed by atoms with Crippen LogP contribution < -0.4 is 10.5 Å². The van der Waals surface area contributed by atoms with Crippen LogP contribution in [0.4, 0.5) is 11.4 Å². The van der Waals surface area contributed by atoms with E-state index in [1.165, 1.54) is 44.2 Å². The number of ether oxygens (including phenoxy) is 1. The summed E-state index contributed by atoms with van der Waals surface area (Å²) in [5.41, 5.74) is 5.60. The van der Waals surface area contributed by atoms with E-state index in [2.05, 4.69) is 6.58 Å². The van der Waals surface area contributed by atoms with Crippen molar-refractivity contribution in [3.05, 3.63) is 41.0 Å². The van der Waals surface area contributed by atoms with Gasteiger partial charge in [-0.1, -0.05) is 38.2 Å². The van der Waals surface area contributed by atoms with Gasteiger partial charge in [-0.25, -0.2) is 0 Å². The minimum absolute atomic E-state index is 0.1000. The molecular formula is C17H26N2O3. The molecule has 0 aliphatic heterocycles. The molecule has 0 atom stereocenters. The van der Waals surface area contributed by atoms with Crippen LogP contribution in [0.5, 0.6) is 5.75 Å². The fourth-order valence-corrected chi connectivity index (χ4v) is 2.24. The third-order valence-electron chi connectivity index (χ3n) is 3.52. The van der Waals surface area contributed by atoms with Gasteiger partial charge in [0.1, 0.15) is 11.4 Å². The van der Waals surface area contributed by atoms with Crippen molar-refractivity contribution in [3.63, 3.8) is 0 Å². The maximum absolute atomic E-state index is 10.8. The standard InChI is InChI=1S/C17H26N2O3/c1-2-3-4-5-6-7-8-9-10-13-22-15-11-12-16(18)17(14-15)19(20)21/h2,11-12,14H,1,3-10,13,18H2. The number of benzene rings is 1. The summed E-state index contributed by atoms with van der Waals surface area (Å²) in [6, 6.07) is 4.56. The molecule has 0 saturated heterocycles. The van der Waals surface area contributed by atoms with Crippen LogP contribution in [0, 0.1) is 10.1 Å². The molecule has 1 rings (SSSR count). The first-order valence-electron chi connectivity index (χ1n) is 7.92. The van der Waals surface area contributed by atoms with Gasteiger partial charge < -0.3 is 10.5 Å². The van der Waals surface area contributed by atoms with Crippen LogP contribution in [-0.2, 0) is 0 Å². The van der Waals surface area contributed by atoms with Crippen LogP contribution in [0.25, 0.3) is 0 Å². The van der Waals surface area contributed by atoms with E-state index in [4.69, 9.17) is 10.5 Å². The predicted octanol–water partition coefficient (Wildman–Crippen LogP) is 4.86. The summed E-state index contributed by atoms with van der Waals surface area (Å²) in [7, 11) is 0. The van der Waals surface area contributed by atoms with Gasteiger partial charge in [0.2, 0.25) is 0 Å². The van der Waals surface area contributed by atoms with Gasteiger partial charge in [-0.3, -0.25) is 10.1 Å². The summed E-state index contributed by atoms with van der Waals surface area (Å²) in [5.74, 6) is 0.505. The Kier molecular flexibility index (Phi) is 8.72. The van der Waals surface area contributed by atoms with E-state index in [9.17, 15) is 10.1 Å². The molecule has 2 N–H and O–H groups in total. The van der Waals surface area contributed by atoms with Crippen LogP contribution in [0.3, 0.4) is 0 Å². The van der Waals surface area contributed by atoms with Gasteiger partial charge in [-0.15, -0.1) is 6.58 Å². The third kappa shape index (κ3) is 7.11. The van der Waals surface area contributed by atoms with E-state index in [1.54, 1.807) is 6.07 Å². The Bertz CT molecular complexity index is 475. The molecular weight excluding hydrogens is 280 g/mol. The monoisotopic (exact) mass is 306 g/mol. The van der Waals surface area contributed by atoms with E-state index in [1.807, 2.05) is 6.08 Å². The highest BCUT2D eigenvalue weighted by molar-refractivity contribution is 5.60. The molecule has 1 aromatic carbocycles. The average Bonchev–Trinajstić information content (AvgIpc) is 2.50. The molecule has 1 aromatic rings. The number of nitro groups is 1. The van der Waals surface area contributed by atoms with Crippen LogP contribution in [0.15, 0.2) is 30.9 Å². The smallest absolute Gasteiger partial charge is 0.295 e. The summed E-state index contributed by atoms with van der Waals surface area (Å²) >= 11 is 0. The zero-order chi connectivity index (χ0) is 16.2. The number of nitrogens with zero attached hydrogens (tertiary/aromatic N) is 1. The number of rotatable bonds is 12. The summed E-state index contributed by atoms with van der Waals surface area (Å²) in [6.07, 6.45) is 11.4. The zero-order valence-corrected chi connectivity index (χ0v) is 13.1. The highest BCUT2D eigenvalue weighted by Gasteiger charge is 2.12. The van der Waals surface area contributed by atoms with E-state index in [0.717, 1.165) is 19.3 Å². The molecule has 0 amide bonds. The molecule has 0 aromatic heterocycles. The Morgan fingerprint density at radius 1 is 1.14 bits per heavy atom. The fourth-order valence-electron chi connectivity index (χ4n) is 2.24. The number of nitrogen functional groups attached to an aromatic ring is 1. The van der Waals surface area contributed by atoms with E-state index in [-0.39, 0.29) is 11.4 Å². The van der Waals surface area contributed by atoms with Crippen molar-refractivity contribution in [2.24, 2.45) is 0 Å². The SMILES string of the molecule is C=CCCCCCCCCCOc1ccc(N)c([N+](=O)[O-])c1. The Morgan fingerprint density at radius 3 is 2.41 bits per heavy atom. The van der Waals surface area contributed by atoms with Gasteiger partial charge in [0.05, 0.1) is 17.6 Å². The topological polar surface area (TPSA) is 78.4 Å². The molecule has 5 nitrogen and oxygen atoms in total. The lowest BCUT2D eigenvalue weighted by Crippen LogP contribution is -2.00. The van der Waals surface area contributed by atoms with Crippen molar-refractivity contribution in [1.29, 1.82) is 0 Å². The number of nitrogens with two attached hydrogens (primary N) is 1. The molecule has 0 unspecified atom stereocenters.